The highest BCUT2D eigenvalue weighted by Gasteiger charge is 2.17. The zero-order valence-electron chi connectivity index (χ0n) is 13.8. The molecule has 5 nitrogen and oxygen atoms in total. The molecule has 0 aliphatic heterocycles. The molecule has 0 unspecified atom stereocenters. The van der Waals surface area contributed by atoms with Gasteiger partial charge in [0.25, 0.3) is 5.91 Å². The fraction of sp³-hybridized carbons (Fsp3) is 0.0556. The lowest BCUT2D eigenvalue weighted by Crippen LogP contribution is -2.23. The highest BCUT2D eigenvalue weighted by molar-refractivity contribution is 7.89. The van der Waals surface area contributed by atoms with E-state index in [1.54, 1.807) is 6.07 Å². The van der Waals surface area contributed by atoms with Crippen LogP contribution in [0.5, 0.6) is 0 Å². The molecule has 0 spiro atoms. The molecule has 1 amide bonds. The van der Waals surface area contributed by atoms with E-state index >= 15 is 0 Å². The Hall–Kier alpha value is -2.62. The summed E-state index contributed by atoms with van der Waals surface area (Å²) in [5.41, 5.74) is -0.178. The van der Waals surface area contributed by atoms with E-state index in [9.17, 15) is 22.0 Å². The lowest BCUT2D eigenvalue weighted by molar-refractivity contribution is 0.102. The average molecular weight is 408 g/mol. The van der Waals surface area contributed by atoms with Crippen molar-refractivity contribution in [3.63, 3.8) is 0 Å². The number of hydrogen-bond acceptors (Lipinski definition) is 4. The molecule has 0 aliphatic carbocycles. The first-order chi connectivity index (χ1) is 12.8. The number of hydrogen-bond donors (Lipinski definition) is 2. The SMILES string of the molecule is O=C(Nc1ccc(F)cc1F)c1cccc(S(=O)(=O)NCc2cccs2)c1. The van der Waals surface area contributed by atoms with Crippen LogP contribution >= 0.6 is 11.3 Å². The van der Waals surface area contributed by atoms with Crippen molar-refractivity contribution in [3.8, 4) is 0 Å². The predicted molar refractivity (Wildman–Crippen MR) is 99.1 cm³/mol. The predicted octanol–water partition coefficient (Wildman–Crippen LogP) is 3.76. The van der Waals surface area contributed by atoms with Gasteiger partial charge >= 0.3 is 0 Å². The second-order valence-corrected chi connectivity index (χ2v) is 8.31. The number of anilines is 1. The number of sulfonamides is 1. The first-order valence-electron chi connectivity index (χ1n) is 7.74. The van der Waals surface area contributed by atoms with Crippen LogP contribution in [0.3, 0.4) is 0 Å². The number of halogens is 2. The van der Waals surface area contributed by atoms with Gasteiger partial charge < -0.3 is 5.32 Å². The Morgan fingerprint density at radius 1 is 1.04 bits per heavy atom. The minimum atomic E-state index is -3.83. The lowest BCUT2D eigenvalue weighted by Gasteiger charge is -2.09. The summed E-state index contributed by atoms with van der Waals surface area (Å²) >= 11 is 1.42. The summed E-state index contributed by atoms with van der Waals surface area (Å²) in [4.78, 5) is 13.0. The standard InChI is InChI=1S/C18H14F2N2O3S2/c19-13-6-7-17(16(20)10-13)22-18(23)12-3-1-5-15(9-12)27(24,25)21-11-14-4-2-8-26-14/h1-10,21H,11H2,(H,22,23). The van der Waals surface area contributed by atoms with Crippen molar-refractivity contribution in [3.05, 3.63) is 82.1 Å². The Morgan fingerprint density at radius 2 is 1.85 bits per heavy atom. The molecule has 140 valence electrons. The van der Waals surface area contributed by atoms with Gasteiger partial charge in [-0.05, 0) is 41.8 Å². The highest BCUT2D eigenvalue weighted by atomic mass is 32.2. The molecule has 27 heavy (non-hydrogen) atoms. The van der Waals surface area contributed by atoms with Crippen LogP contribution in [0.25, 0.3) is 0 Å². The Labute approximate surface area is 158 Å². The van der Waals surface area contributed by atoms with Gasteiger partial charge in [-0.1, -0.05) is 12.1 Å². The van der Waals surface area contributed by atoms with Crippen molar-refractivity contribution in [2.75, 3.05) is 5.32 Å². The van der Waals surface area contributed by atoms with Crippen molar-refractivity contribution in [2.45, 2.75) is 11.4 Å². The first kappa shape index (κ1) is 19.2. The van der Waals surface area contributed by atoms with E-state index in [2.05, 4.69) is 10.0 Å². The molecule has 0 atom stereocenters. The number of nitrogens with one attached hydrogen (secondary N) is 2. The van der Waals surface area contributed by atoms with Crippen molar-refractivity contribution in [1.82, 2.24) is 4.72 Å². The summed E-state index contributed by atoms with van der Waals surface area (Å²) < 4.78 is 53.9. The van der Waals surface area contributed by atoms with Gasteiger partial charge in [-0.15, -0.1) is 11.3 Å². The number of carbonyl (C=O) groups is 1. The van der Waals surface area contributed by atoms with Crippen molar-refractivity contribution in [2.24, 2.45) is 0 Å². The monoisotopic (exact) mass is 408 g/mol. The van der Waals surface area contributed by atoms with Gasteiger partial charge in [0.15, 0.2) is 0 Å². The van der Waals surface area contributed by atoms with Crippen LogP contribution in [0.15, 0.2) is 64.9 Å². The van der Waals surface area contributed by atoms with E-state index in [0.29, 0.717) is 6.07 Å². The topological polar surface area (TPSA) is 75.3 Å². The first-order valence-corrected chi connectivity index (χ1v) is 10.1. The minimum absolute atomic E-state index is 0.0257. The maximum atomic E-state index is 13.7. The number of carbonyl (C=O) groups excluding carboxylic acids is 1. The van der Waals surface area contributed by atoms with E-state index in [1.165, 1.54) is 35.6 Å². The van der Waals surface area contributed by atoms with Crippen LogP contribution in [0, 0.1) is 11.6 Å². The minimum Gasteiger partial charge on any atom is -0.319 e. The molecule has 9 heteroatoms. The number of rotatable bonds is 6. The fourth-order valence-electron chi connectivity index (χ4n) is 2.25. The maximum Gasteiger partial charge on any atom is 0.255 e. The molecule has 0 bridgehead atoms. The molecular weight excluding hydrogens is 394 g/mol. The molecule has 0 fully saturated rings. The number of benzene rings is 2. The lowest BCUT2D eigenvalue weighted by atomic mass is 10.2. The van der Waals surface area contributed by atoms with Gasteiger partial charge in [-0.2, -0.15) is 0 Å². The molecule has 2 aromatic carbocycles. The summed E-state index contributed by atoms with van der Waals surface area (Å²) in [7, 11) is -3.83. The Morgan fingerprint density at radius 3 is 2.56 bits per heavy atom. The van der Waals surface area contributed by atoms with Crippen molar-refractivity contribution in [1.29, 1.82) is 0 Å². The van der Waals surface area contributed by atoms with Crippen LogP contribution in [0.1, 0.15) is 15.2 Å². The van der Waals surface area contributed by atoms with Crippen LogP contribution in [-0.4, -0.2) is 14.3 Å². The van der Waals surface area contributed by atoms with Gasteiger partial charge in [-0.3, -0.25) is 4.79 Å². The van der Waals surface area contributed by atoms with Gasteiger partial charge in [0, 0.05) is 23.1 Å². The molecule has 1 heterocycles. The summed E-state index contributed by atoms with van der Waals surface area (Å²) in [6, 6.07) is 11.7. The Balaban J connectivity index is 1.76. The summed E-state index contributed by atoms with van der Waals surface area (Å²) in [6.45, 7) is 0.136. The zero-order chi connectivity index (χ0) is 19.4. The molecule has 1 aromatic heterocycles. The summed E-state index contributed by atoms with van der Waals surface area (Å²) in [6.07, 6.45) is 0. The maximum absolute atomic E-state index is 13.7. The molecule has 3 rings (SSSR count). The van der Waals surface area contributed by atoms with Crippen LogP contribution in [0.4, 0.5) is 14.5 Å². The smallest absolute Gasteiger partial charge is 0.255 e. The van der Waals surface area contributed by atoms with E-state index in [4.69, 9.17) is 0 Å². The van der Waals surface area contributed by atoms with Crippen LogP contribution < -0.4 is 10.0 Å². The van der Waals surface area contributed by atoms with Crippen LogP contribution in [0.2, 0.25) is 0 Å². The molecular formula is C18H14F2N2O3S2. The van der Waals surface area contributed by atoms with Crippen LogP contribution in [-0.2, 0) is 16.6 Å². The second-order valence-electron chi connectivity index (χ2n) is 5.51. The normalized spacial score (nSPS) is 11.3. The second kappa shape index (κ2) is 7.95. The number of thiophene rings is 1. The number of amides is 1. The third kappa shape index (κ3) is 4.76. The summed E-state index contributed by atoms with van der Waals surface area (Å²) in [5.74, 6) is -2.41. The summed E-state index contributed by atoms with van der Waals surface area (Å²) in [5, 5.41) is 4.13. The molecule has 0 saturated heterocycles. The molecule has 0 radical (unpaired) electrons. The zero-order valence-corrected chi connectivity index (χ0v) is 15.4. The van der Waals surface area contributed by atoms with Gasteiger partial charge in [0.1, 0.15) is 11.6 Å². The third-order valence-corrected chi connectivity index (χ3v) is 5.88. The molecule has 3 aromatic rings. The molecule has 0 saturated carbocycles. The Kier molecular flexibility index (Phi) is 5.64. The molecule has 2 N–H and O–H groups in total. The quantitative estimate of drug-likeness (QED) is 0.652. The van der Waals surface area contributed by atoms with E-state index in [0.717, 1.165) is 17.0 Å². The van der Waals surface area contributed by atoms with E-state index < -0.39 is 27.6 Å². The van der Waals surface area contributed by atoms with Gasteiger partial charge in [0.2, 0.25) is 10.0 Å². The van der Waals surface area contributed by atoms with Gasteiger partial charge in [-0.25, -0.2) is 21.9 Å². The largest absolute Gasteiger partial charge is 0.319 e. The highest BCUT2D eigenvalue weighted by Crippen LogP contribution is 2.18. The van der Waals surface area contributed by atoms with Crippen molar-refractivity contribution >= 4 is 33.0 Å². The Bertz CT molecular complexity index is 1070. The average Bonchev–Trinajstić information content (AvgIpc) is 3.16. The van der Waals surface area contributed by atoms with E-state index in [-0.39, 0.29) is 22.7 Å². The van der Waals surface area contributed by atoms with Gasteiger partial charge in [0.05, 0.1) is 10.6 Å². The fourth-order valence-corrected chi connectivity index (χ4v) is 4.04. The van der Waals surface area contributed by atoms with Crippen molar-refractivity contribution < 1.29 is 22.0 Å². The van der Waals surface area contributed by atoms with E-state index in [1.807, 2.05) is 11.4 Å². The molecule has 0 aliphatic rings. The third-order valence-electron chi connectivity index (χ3n) is 3.60.